The van der Waals surface area contributed by atoms with Crippen molar-refractivity contribution in [1.29, 1.82) is 0 Å². The molecule has 0 aliphatic carbocycles. The summed E-state index contributed by atoms with van der Waals surface area (Å²) in [6, 6.07) is 4.75. The smallest absolute Gasteiger partial charge is 0.330 e. The van der Waals surface area contributed by atoms with Crippen LogP contribution in [0, 0.1) is 0 Å². The Labute approximate surface area is 88.0 Å². The van der Waals surface area contributed by atoms with Crippen LogP contribution in [0.2, 0.25) is 0 Å². The minimum Gasteiger partial charge on any atom is -0.506 e. The Morgan fingerprint density at radius 1 is 1.60 bits per heavy atom. The molecule has 0 fully saturated rings. The summed E-state index contributed by atoms with van der Waals surface area (Å²) in [5.74, 6) is -0.408. The molecule has 0 saturated heterocycles. The van der Waals surface area contributed by atoms with E-state index >= 15 is 0 Å². The van der Waals surface area contributed by atoms with Crippen LogP contribution in [0.4, 0.5) is 5.69 Å². The largest absolute Gasteiger partial charge is 0.506 e. The number of aromatic hydroxyl groups is 1. The third-order valence-electron chi connectivity index (χ3n) is 1.75. The predicted molar refractivity (Wildman–Crippen MR) is 58.2 cm³/mol. The van der Waals surface area contributed by atoms with Gasteiger partial charge in [0.1, 0.15) is 5.75 Å². The lowest BCUT2D eigenvalue weighted by atomic mass is 10.2. The van der Waals surface area contributed by atoms with Crippen LogP contribution >= 0.6 is 0 Å². The Kier molecular flexibility index (Phi) is 3.74. The molecular formula is C11H13NO3. The van der Waals surface area contributed by atoms with Gasteiger partial charge >= 0.3 is 5.97 Å². The minimum absolute atomic E-state index is 0.000934. The number of phenols is 1. The second-order valence-corrected chi connectivity index (χ2v) is 2.90. The first-order chi connectivity index (χ1) is 7.13. The SMILES string of the molecule is CCOC(=O)/C=C/c1ccc(N)c(O)c1. The molecule has 1 rings (SSSR count). The normalized spacial score (nSPS) is 10.5. The number of hydrogen-bond acceptors (Lipinski definition) is 4. The average molecular weight is 207 g/mol. The van der Waals surface area contributed by atoms with Crippen molar-refractivity contribution in [3.63, 3.8) is 0 Å². The molecule has 0 aromatic heterocycles. The Bertz CT molecular complexity index is 385. The van der Waals surface area contributed by atoms with Crippen LogP contribution in [0.25, 0.3) is 6.08 Å². The molecule has 0 aliphatic rings. The van der Waals surface area contributed by atoms with Gasteiger partial charge in [-0.25, -0.2) is 4.79 Å². The number of anilines is 1. The molecule has 0 aliphatic heterocycles. The topological polar surface area (TPSA) is 72.5 Å². The standard InChI is InChI=1S/C11H13NO3/c1-2-15-11(14)6-4-8-3-5-9(12)10(13)7-8/h3-7,13H,2,12H2,1H3/b6-4+. The maximum atomic E-state index is 11.0. The van der Waals surface area contributed by atoms with E-state index in [1.807, 2.05) is 0 Å². The van der Waals surface area contributed by atoms with Gasteiger partial charge in [-0.1, -0.05) is 6.07 Å². The summed E-state index contributed by atoms with van der Waals surface area (Å²) in [4.78, 5) is 11.0. The van der Waals surface area contributed by atoms with Gasteiger partial charge in [0.15, 0.2) is 0 Å². The molecular weight excluding hydrogens is 194 g/mol. The molecule has 4 nitrogen and oxygen atoms in total. The van der Waals surface area contributed by atoms with Gasteiger partial charge in [-0.05, 0) is 30.7 Å². The second kappa shape index (κ2) is 5.05. The fourth-order valence-electron chi connectivity index (χ4n) is 1.02. The number of phenolic OH excluding ortho intramolecular Hbond substituents is 1. The minimum atomic E-state index is -0.409. The average Bonchev–Trinajstić information content (AvgIpc) is 2.20. The third-order valence-corrected chi connectivity index (χ3v) is 1.75. The Morgan fingerprint density at radius 2 is 2.33 bits per heavy atom. The van der Waals surface area contributed by atoms with Crippen molar-refractivity contribution < 1.29 is 14.6 Å². The molecule has 0 bridgehead atoms. The van der Waals surface area contributed by atoms with E-state index in [2.05, 4.69) is 0 Å². The fraction of sp³-hybridized carbons (Fsp3) is 0.182. The molecule has 0 unspecified atom stereocenters. The van der Waals surface area contributed by atoms with Crippen LogP contribution in [0.1, 0.15) is 12.5 Å². The van der Waals surface area contributed by atoms with Crippen LogP contribution in [-0.4, -0.2) is 17.7 Å². The van der Waals surface area contributed by atoms with Crippen LogP contribution < -0.4 is 5.73 Å². The van der Waals surface area contributed by atoms with Gasteiger partial charge in [0, 0.05) is 6.08 Å². The number of rotatable bonds is 3. The first-order valence-electron chi connectivity index (χ1n) is 4.57. The monoisotopic (exact) mass is 207 g/mol. The molecule has 0 spiro atoms. The molecule has 1 aromatic rings. The zero-order valence-corrected chi connectivity index (χ0v) is 8.43. The maximum Gasteiger partial charge on any atom is 0.330 e. The van der Waals surface area contributed by atoms with E-state index in [1.54, 1.807) is 25.1 Å². The highest BCUT2D eigenvalue weighted by atomic mass is 16.5. The molecule has 4 heteroatoms. The third kappa shape index (κ3) is 3.34. The summed E-state index contributed by atoms with van der Waals surface area (Å²) in [5.41, 5.74) is 6.42. The van der Waals surface area contributed by atoms with E-state index in [9.17, 15) is 9.90 Å². The number of nitrogens with two attached hydrogens (primary N) is 1. The lowest BCUT2D eigenvalue weighted by Gasteiger charge is -1.99. The van der Waals surface area contributed by atoms with Gasteiger partial charge in [-0.2, -0.15) is 0 Å². The van der Waals surface area contributed by atoms with E-state index in [-0.39, 0.29) is 5.75 Å². The van der Waals surface area contributed by atoms with Gasteiger partial charge in [0.25, 0.3) is 0 Å². The van der Waals surface area contributed by atoms with Gasteiger partial charge in [-0.3, -0.25) is 0 Å². The number of ether oxygens (including phenoxy) is 1. The van der Waals surface area contributed by atoms with Gasteiger partial charge in [-0.15, -0.1) is 0 Å². The van der Waals surface area contributed by atoms with Crippen LogP contribution in [0.3, 0.4) is 0 Å². The number of hydrogen-bond donors (Lipinski definition) is 2. The van der Waals surface area contributed by atoms with Crippen molar-refractivity contribution in [2.24, 2.45) is 0 Å². The highest BCUT2D eigenvalue weighted by Crippen LogP contribution is 2.21. The fourth-order valence-corrected chi connectivity index (χ4v) is 1.02. The molecule has 0 amide bonds. The zero-order valence-electron chi connectivity index (χ0n) is 8.43. The number of carbonyl (C=O) groups is 1. The molecule has 80 valence electrons. The molecule has 0 radical (unpaired) electrons. The van der Waals surface area contributed by atoms with E-state index in [4.69, 9.17) is 10.5 Å². The number of nitrogen functional groups attached to an aromatic ring is 1. The summed E-state index contributed by atoms with van der Waals surface area (Å²) < 4.78 is 4.70. The van der Waals surface area contributed by atoms with E-state index in [0.29, 0.717) is 17.9 Å². The summed E-state index contributed by atoms with van der Waals surface area (Å²) in [7, 11) is 0. The van der Waals surface area contributed by atoms with E-state index in [1.165, 1.54) is 12.1 Å². The van der Waals surface area contributed by atoms with Crippen molar-refractivity contribution in [2.45, 2.75) is 6.92 Å². The van der Waals surface area contributed by atoms with E-state index in [0.717, 1.165) is 0 Å². The summed E-state index contributed by atoms with van der Waals surface area (Å²) in [5, 5.41) is 9.29. The van der Waals surface area contributed by atoms with Crippen molar-refractivity contribution in [3.05, 3.63) is 29.8 Å². The van der Waals surface area contributed by atoms with Crippen LogP contribution in [0.15, 0.2) is 24.3 Å². The Balaban J connectivity index is 2.72. The Morgan fingerprint density at radius 3 is 2.93 bits per heavy atom. The van der Waals surface area contributed by atoms with Gasteiger partial charge in [0.05, 0.1) is 12.3 Å². The lowest BCUT2D eigenvalue weighted by Crippen LogP contribution is -1.98. The number of benzene rings is 1. The maximum absolute atomic E-state index is 11.0. The highest BCUT2D eigenvalue weighted by molar-refractivity contribution is 5.87. The van der Waals surface area contributed by atoms with Crippen molar-refractivity contribution >= 4 is 17.7 Å². The van der Waals surface area contributed by atoms with Crippen LogP contribution in [-0.2, 0) is 9.53 Å². The zero-order chi connectivity index (χ0) is 11.3. The second-order valence-electron chi connectivity index (χ2n) is 2.90. The number of esters is 1. The molecule has 1 aromatic carbocycles. The first-order valence-corrected chi connectivity index (χ1v) is 4.57. The summed E-state index contributed by atoms with van der Waals surface area (Å²) in [6.45, 7) is 2.08. The van der Waals surface area contributed by atoms with Crippen LogP contribution in [0.5, 0.6) is 5.75 Å². The van der Waals surface area contributed by atoms with Crippen molar-refractivity contribution in [1.82, 2.24) is 0 Å². The quantitative estimate of drug-likeness (QED) is 0.341. The predicted octanol–water partition coefficient (Wildman–Crippen LogP) is 1.55. The highest BCUT2D eigenvalue weighted by Gasteiger charge is 1.97. The molecule has 15 heavy (non-hydrogen) atoms. The van der Waals surface area contributed by atoms with Gasteiger partial charge in [0.2, 0.25) is 0 Å². The summed E-state index contributed by atoms with van der Waals surface area (Å²) >= 11 is 0. The van der Waals surface area contributed by atoms with E-state index < -0.39 is 5.97 Å². The molecule has 0 heterocycles. The van der Waals surface area contributed by atoms with Crippen molar-refractivity contribution in [3.8, 4) is 5.75 Å². The van der Waals surface area contributed by atoms with Crippen molar-refractivity contribution in [2.75, 3.05) is 12.3 Å². The molecule has 3 N–H and O–H groups in total. The Hall–Kier alpha value is -1.97. The lowest BCUT2D eigenvalue weighted by molar-refractivity contribution is -0.137. The molecule has 0 atom stereocenters. The van der Waals surface area contributed by atoms with Gasteiger partial charge < -0.3 is 15.6 Å². The number of carbonyl (C=O) groups excluding carboxylic acids is 1. The summed E-state index contributed by atoms with van der Waals surface area (Å²) in [6.07, 6.45) is 2.85. The first kappa shape index (κ1) is 11.1. The molecule has 0 saturated carbocycles.